The summed E-state index contributed by atoms with van der Waals surface area (Å²) in [6.07, 6.45) is 3.35. The molecule has 0 aliphatic rings. The van der Waals surface area contributed by atoms with Gasteiger partial charge in [0.1, 0.15) is 0 Å². The van der Waals surface area contributed by atoms with Crippen molar-refractivity contribution in [3.63, 3.8) is 0 Å². The fourth-order valence-electron chi connectivity index (χ4n) is 0. The van der Waals surface area contributed by atoms with E-state index < -0.39 is 0 Å². The minimum atomic E-state index is 0. The molecule has 0 atom stereocenters. The molecule has 8 heavy (non-hydrogen) atoms. The summed E-state index contributed by atoms with van der Waals surface area (Å²) in [6, 6.07) is 0. The summed E-state index contributed by atoms with van der Waals surface area (Å²) in [6.45, 7) is 9.19. The van der Waals surface area contributed by atoms with E-state index in [4.69, 9.17) is 5.73 Å². The second kappa shape index (κ2) is 25.0. The van der Waals surface area contributed by atoms with Crippen LogP contribution in [0.4, 0.5) is 0 Å². The molecule has 0 aliphatic carbocycles. The molecule has 0 saturated heterocycles. The fourth-order valence-corrected chi connectivity index (χ4v) is 0. The summed E-state index contributed by atoms with van der Waals surface area (Å²) >= 11 is 0. The molecular formula is C6H13NY-2. The summed E-state index contributed by atoms with van der Waals surface area (Å²) in [4.78, 5) is 0. The third kappa shape index (κ3) is 70.4. The largest absolute Gasteiger partial charge is 0.507 e. The molecule has 0 aromatic heterocycles. The van der Waals surface area contributed by atoms with Gasteiger partial charge in [0.2, 0.25) is 0 Å². The van der Waals surface area contributed by atoms with Crippen molar-refractivity contribution in [3.8, 4) is 0 Å². The molecule has 0 saturated carbocycles. The molecule has 2 N–H and O–H groups in total. The molecule has 2 heteroatoms. The Hall–Kier alpha value is 0.804. The van der Waals surface area contributed by atoms with E-state index in [0.29, 0.717) is 6.54 Å². The van der Waals surface area contributed by atoms with E-state index in [1.807, 2.05) is 0 Å². The van der Waals surface area contributed by atoms with E-state index in [1.165, 1.54) is 0 Å². The Morgan fingerprint density at radius 2 is 1.88 bits per heavy atom. The van der Waals surface area contributed by atoms with Crippen LogP contribution in [0.1, 0.15) is 13.3 Å². The monoisotopic (exact) mass is 188 g/mol. The number of hydrogen-bond acceptors (Lipinski definition) is 1. The molecule has 0 aromatic carbocycles. The van der Waals surface area contributed by atoms with Crippen molar-refractivity contribution < 1.29 is 32.7 Å². The van der Waals surface area contributed by atoms with Gasteiger partial charge in [-0.1, -0.05) is 0 Å². The maximum Gasteiger partial charge on any atom is 0 e. The normalized spacial score (nSPS) is 5.38. The van der Waals surface area contributed by atoms with E-state index in [0.717, 1.165) is 6.42 Å². The number of nitrogens with two attached hydrogens (primary N) is 1. The second-order valence-electron chi connectivity index (χ2n) is 0.996. The van der Waals surface area contributed by atoms with E-state index in [2.05, 4.69) is 19.6 Å². The van der Waals surface area contributed by atoms with Crippen LogP contribution in [0.25, 0.3) is 0 Å². The van der Waals surface area contributed by atoms with Crippen molar-refractivity contribution in [3.05, 3.63) is 19.6 Å². The van der Waals surface area contributed by atoms with E-state index in [-0.39, 0.29) is 32.7 Å². The van der Waals surface area contributed by atoms with Crippen molar-refractivity contribution in [2.75, 3.05) is 6.54 Å². The van der Waals surface area contributed by atoms with Gasteiger partial charge in [-0.3, -0.25) is 6.58 Å². The zero-order chi connectivity index (χ0) is 6.12. The molecule has 1 nitrogen and oxygen atoms in total. The van der Waals surface area contributed by atoms with Crippen LogP contribution in [-0.2, 0) is 32.7 Å². The Bertz CT molecular complexity index is 27.7. The van der Waals surface area contributed by atoms with Crippen LogP contribution in [0, 0.1) is 13.0 Å². The smallest absolute Gasteiger partial charge is 0 e. The van der Waals surface area contributed by atoms with Gasteiger partial charge in [-0.25, -0.2) is 0 Å². The number of hydrogen-bond donors (Lipinski definition) is 1. The molecule has 0 aliphatic heterocycles. The van der Waals surface area contributed by atoms with Crippen LogP contribution < -0.4 is 5.73 Å². The van der Waals surface area contributed by atoms with Crippen LogP contribution in [0.2, 0.25) is 0 Å². The summed E-state index contributed by atoms with van der Waals surface area (Å²) in [5.41, 5.74) is 4.97. The average Bonchev–Trinajstić information content (AvgIpc) is 1.69. The topological polar surface area (TPSA) is 26.0 Å². The van der Waals surface area contributed by atoms with Crippen molar-refractivity contribution in [1.29, 1.82) is 0 Å². The standard InChI is InChI=1S/C3H8N.C3H5.Y/c1-2-3-4;1-3-2;/h1-4H2;1H2,2H3;/q2*-1;. The quantitative estimate of drug-likeness (QED) is 0.614. The molecular weight excluding hydrogens is 175 g/mol. The number of rotatable bonds is 1. The second-order valence-corrected chi connectivity index (χ2v) is 0.996. The summed E-state index contributed by atoms with van der Waals surface area (Å²) in [7, 11) is 0. The van der Waals surface area contributed by atoms with Crippen LogP contribution in [0.5, 0.6) is 0 Å². The third-order valence-corrected chi connectivity index (χ3v) is 0.204. The fraction of sp³-hybridized carbons (Fsp3) is 0.500. The molecule has 0 rings (SSSR count). The van der Waals surface area contributed by atoms with Crippen LogP contribution in [0.3, 0.4) is 0 Å². The van der Waals surface area contributed by atoms with Crippen molar-refractivity contribution >= 4 is 0 Å². The summed E-state index contributed by atoms with van der Waals surface area (Å²) in [5, 5.41) is 0. The maximum atomic E-state index is 4.97. The SMILES string of the molecule is C=[C-]C.[CH2-]CCN.[Y]. The molecule has 0 bridgehead atoms. The first kappa shape index (κ1) is 15.9. The molecule has 0 amide bonds. The Kier molecular flexibility index (Phi) is 49.7. The van der Waals surface area contributed by atoms with Crippen LogP contribution >= 0.6 is 0 Å². The Morgan fingerprint density at radius 3 is 1.88 bits per heavy atom. The molecule has 0 spiro atoms. The first-order valence-corrected chi connectivity index (χ1v) is 2.26. The average molecular weight is 188 g/mol. The van der Waals surface area contributed by atoms with Crippen LogP contribution in [0.15, 0.2) is 6.58 Å². The first-order chi connectivity index (χ1) is 3.33. The molecule has 0 unspecified atom stereocenters. The van der Waals surface area contributed by atoms with Gasteiger partial charge in [0.15, 0.2) is 0 Å². The summed E-state index contributed by atoms with van der Waals surface area (Å²) in [5.74, 6) is 0. The predicted octanol–water partition coefficient (Wildman–Crippen LogP) is 1.16. The van der Waals surface area contributed by atoms with Gasteiger partial charge >= 0.3 is 0 Å². The molecule has 0 heterocycles. The van der Waals surface area contributed by atoms with Gasteiger partial charge < -0.3 is 18.7 Å². The third-order valence-electron chi connectivity index (χ3n) is 0.204. The maximum absolute atomic E-state index is 4.97. The molecule has 1 radical (unpaired) electrons. The van der Waals surface area contributed by atoms with Gasteiger partial charge in [0, 0.05) is 32.7 Å². The van der Waals surface area contributed by atoms with Gasteiger partial charge in [0.25, 0.3) is 0 Å². The summed E-state index contributed by atoms with van der Waals surface area (Å²) < 4.78 is 0. The van der Waals surface area contributed by atoms with Gasteiger partial charge in [-0.2, -0.15) is 13.3 Å². The zero-order valence-corrected chi connectivity index (χ0v) is 8.32. The number of allylic oxidation sites excluding steroid dienone is 1. The predicted molar refractivity (Wildman–Crippen MR) is 33.6 cm³/mol. The Morgan fingerprint density at radius 1 is 1.75 bits per heavy atom. The Labute approximate surface area is 77.6 Å². The molecule has 47 valence electrons. The minimum Gasteiger partial charge on any atom is -0.507 e. The minimum absolute atomic E-state index is 0. The van der Waals surface area contributed by atoms with Crippen molar-refractivity contribution in [1.82, 2.24) is 0 Å². The molecule has 0 aromatic rings. The van der Waals surface area contributed by atoms with Gasteiger partial charge in [-0.15, -0.1) is 0 Å². The van der Waals surface area contributed by atoms with E-state index >= 15 is 0 Å². The first-order valence-electron chi connectivity index (χ1n) is 2.26. The van der Waals surface area contributed by atoms with Crippen molar-refractivity contribution in [2.45, 2.75) is 13.3 Å². The van der Waals surface area contributed by atoms with Gasteiger partial charge in [-0.05, 0) is 6.54 Å². The Balaban J connectivity index is -0.0000000575. The zero-order valence-electron chi connectivity index (χ0n) is 5.48. The molecule has 0 fully saturated rings. The van der Waals surface area contributed by atoms with E-state index in [9.17, 15) is 0 Å². The van der Waals surface area contributed by atoms with E-state index in [1.54, 1.807) is 6.92 Å². The van der Waals surface area contributed by atoms with Crippen molar-refractivity contribution in [2.24, 2.45) is 5.73 Å². The van der Waals surface area contributed by atoms with Crippen LogP contribution in [-0.4, -0.2) is 6.54 Å². The van der Waals surface area contributed by atoms with Gasteiger partial charge in [0.05, 0.1) is 0 Å².